The van der Waals surface area contributed by atoms with E-state index in [9.17, 15) is 5.11 Å². The third-order valence-corrected chi connectivity index (χ3v) is 1.86. The zero-order valence-electron chi connectivity index (χ0n) is 6.79. The second kappa shape index (κ2) is 4.49. The molecule has 0 spiro atoms. The third-order valence-electron chi connectivity index (χ3n) is 1.86. The number of rotatable bonds is 3. The van der Waals surface area contributed by atoms with E-state index in [1.165, 1.54) is 0 Å². The Morgan fingerprint density at radius 2 is 2.55 bits per heavy atom. The summed E-state index contributed by atoms with van der Waals surface area (Å²) in [7, 11) is 0. The summed E-state index contributed by atoms with van der Waals surface area (Å²) in [5.41, 5.74) is 3.16. The average molecular weight is 156 g/mol. The molecule has 1 rings (SSSR count). The largest absolute Gasteiger partial charge is 0.392 e. The number of piperidine rings is 1. The van der Waals surface area contributed by atoms with Crippen LogP contribution in [0.1, 0.15) is 12.8 Å². The molecule has 0 radical (unpaired) electrons. The predicted octanol–water partition coefficient (Wildman–Crippen LogP) is 0.134. The van der Waals surface area contributed by atoms with Crippen LogP contribution in [0.5, 0.6) is 0 Å². The van der Waals surface area contributed by atoms with Crippen molar-refractivity contribution in [1.82, 2.24) is 10.4 Å². The molecule has 1 fully saturated rings. The van der Waals surface area contributed by atoms with Crippen LogP contribution < -0.4 is 5.43 Å². The van der Waals surface area contributed by atoms with Gasteiger partial charge in [0.05, 0.1) is 6.10 Å². The van der Waals surface area contributed by atoms with Gasteiger partial charge >= 0.3 is 0 Å². The van der Waals surface area contributed by atoms with Crippen LogP contribution in [0.3, 0.4) is 0 Å². The Labute approximate surface area is 67.7 Å². The van der Waals surface area contributed by atoms with Crippen LogP contribution in [0.25, 0.3) is 0 Å². The molecule has 2 N–H and O–H groups in total. The van der Waals surface area contributed by atoms with Gasteiger partial charge in [0.15, 0.2) is 0 Å². The lowest BCUT2D eigenvalue weighted by molar-refractivity contribution is 0.0443. The lowest BCUT2D eigenvalue weighted by Gasteiger charge is -2.29. The Balaban J connectivity index is 2.17. The molecule has 1 aliphatic heterocycles. The molecular formula is C8H16N2O. The number of nitrogens with zero attached hydrogens (tertiary/aromatic N) is 1. The summed E-state index contributed by atoms with van der Waals surface area (Å²) in [4.78, 5) is 0. The van der Waals surface area contributed by atoms with Crippen LogP contribution in [0.15, 0.2) is 12.7 Å². The van der Waals surface area contributed by atoms with Crippen LogP contribution >= 0.6 is 0 Å². The van der Waals surface area contributed by atoms with E-state index < -0.39 is 0 Å². The highest BCUT2D eigenvalue weighted by Crippen LogP contribution is 2.06. The van der Waals surface area contributed by atoms with Gasteiger partial charge < -0.3 is 5.11 Å². The van der Waals surface area contributed by atoms with Crippen molar-refractivity contribution >= 4 is 0 Å². The van der Waals surface area contributed by atoms with Crippen molar-refractivity contribution in [2.24, 2.45) is 0 Å². The zero-order chi connectivity index (χ0) is 8.10. The number of aliphatic hydroxyl groups excluding tert-OH is 1. The fraction of sp³-hybridized carbons (Fsp3) is 0.750. The maximum atomic E-state index is 9.27. The molecular weight excluding hydrogens is 140 g/mol. The summed E-state index contributed by atoms with van der Waals surface area (Å²) in [6.07, 6.45) is 3.68. The molecule has 1 aliphatic rings. The van der Waals surface area contributed by atoms with Crippen LogP contribution in [0.2, 0.25) is 0 Å². The van der Waals surface area contributed by atoms with Crippen LogP contribution in [-0.2, 0) is 0 Å². The molecule has 0 saturated carbocycles. The Kier molecular flexibility index (Phi) is 3.56. The third kappa shape index (κ3) is 3.01. The maximum absolute atomic E-state index is 9.27. The van der Waals surface area contributed by atoms with Gasteiger partial charge in [-0.2, -0.15) is 0 Å². The first-order valence-electron chi connectivity index (χ1n) is 4.10. The zero-order valence-corrected chi connectivity index (χ0v) is 6.79. The first kappa shape index (κ1) is 8.71. The van der Waals surface area contributed by atoms with Gasteiger partial charge in [0, 0.05) is 19.6 Å². The summed E-state index contributed by atoms with van der Waals surface area (Å²) in [6, 6.07) is 0. The molecule has 1 unspecified atom stereocenters. The van der Waals surface area contributed by atoms with Gasteiger partial charge in [-0.3, -0.25) is 5.43 Å². The number of aliphatic hydroxyl groups is 1. The lowest BCUT2D eigenvalue weighted by Crippen LogP contribution is -2.46. The molecule has 0 aromatic rings. The maximum Gasteiger partial charge on any atom is 0.0681 e. The minimum atomic E-state index is -0.152. The average Bonchev–Trinajstić information content (AvgIpc) is 2.01. The number of hydrogen-bond donors (Lipinski definition) is 2. The van der Waals surface area contributed by atoms with Crippen molar-refractivity contribution in [2.45, 2.75) is 18.9 Å². The van der Waals surface area contributed by atoms with E-state index in [0.717, 1.165) is 32.5 Å². The molecule has 3 heteroatoms. The standard InChI is InChI=1S/C8H16N2O/c1-2-5-9-10-6-3-4-8(11)7-10/h2,8-9,11H,1,3-7H2. The fourth-order valence-electron chi connectivity index (χ4n) is 1.29. The smallest absolute Gasteiger partial charge is 0.0681 e. The fourth-order valence-corrected chi connectivity index (χ4v) is 1.29. The monoisotopic (exact) mass is 156 g/mol. The predicted molar refractivity (Wildman–Crippen MR) is 45.0 cm³/mol. The summed E-state index contributed by atoms with van der Waals surface area (Å²) < 4.78 is 0. The summed E-state index contributed by atoms with van der Waals surface area (Å²) in [5, 5.41) is 11.3. The van der Waals surface area contributed by atoms with Crippen molar-refractivity contribution < 1.29 is 5.11 Å². The van der Waals surface area contributed by atoms with Gasteiger partial charge in [-0.25, -0.2) is 5.01 Å². The van der Waals surface area contributed by atoms with E-state index in [0.29, 0.717) is 0 Å². The minimum absolute atomic E-state index is 0.152. The van der Waals surface area contributed by atoms with Crippen LogP contribution in [0.4, 0.5) is 0 Å². The van der Waals surface area contributed by atoms with Gasteiger partial charge in [-0.05, 0) is 12.8 Å². The summed E-state index contributed by atoms with van der Waals surface area (Å²) in [5.74, 6) is 0. The molecule has 64 valence electrons. The van der Waals surface area contributed by atoms with E-state index in [1.807, 2.05) is 6.08 Å². The van der Waals surface area contributed by atoms with Gasteiger partial charge in [0.1, 0.15) is 0 Å². The van der Waals surface area contributed by atoms with E-state index in [-0.39, 0.29) is 6.10 Å². The Morgan fingerprint density at radius 1 is 1.73 bits per heavy atom. The van der Waals surface area contributed by atoms with Gasteiger partial charge in [-0.15, -0.1) is 6.58 Å². The number of hydrogen-bond acceptors (Lipinski definition) is 3. The quantitative estimate of drug-likeness (QED) is 0.570. The lowest BCUT2D eigenvalue weighted by atomic mass is 10.1. The highest BCUT2D eigenvalue weighted by atomic mass is 16.3. The highest BCUT2D eigenvalue weighted by Gasteiger charge is 2.15. The number of nitrogens with one attached hydrogen (secondary N) is 1. The molecule has 1 saturated heterocycles. The Morgan fingerprint density at radius 3 is 3.18 bits per heavy atom. The molecule has 1 atom stereocenters. The Hall–Kier alpha value is -0.380. The molecule has 0 aromatic heterocycles. The SMILES string of the molecule is C=CCNN1CCCC(O)C1. The first-order chi connectivity index (χ1) is 5.33. The topological polar surface area (TPSA) is 35.5 Å². The molecule has 1 heterocycles. The van der Waals surface area contributed by atoms with Crippen molar-refractivity contribution in [1.29, 1.82) is 0 Å². The molecule has 0 aliphatic carbocycles. The normalized spacial score (nSPS) is 26.8. The molecule has 3 nitrogen and oxygen atoms in total. The molecule has 0 aromatic carbocycles. The van der Waals surface area contributed by atoms with E-state index in [1.54, 1.807) is 0 Å². The molecule has 0 amide bonds. The Bertz CT molecular complexity index is 127. The van der Waals surface area contributed by atoms with E-state index in [4.69, 9.17) is 0 Å². The van der Waals surface area contributed by atoms with Crippen molar-refractivity contribution in [3.05, 3.63) is 12.7 Å². The van der Waals surface area contributed by atoms with Crippen LogP contribution in [-0.4, -0.2) is 35.9 Å². The van der Waals surface area contributed by atoms with Gasteiger partial charge in [0.2, 0.25) is 0 Å². The minimum Gasteiger partial charge on any atom is -0.392 e. The van der Waals surface area contributed by atoms with Crippen molar-refractivity contribution in [2.75, 3.05) is 19.6 Å². The van der Waals surface area contributed by atoms with E-state index in [2.05, 4.69) is 17.0 Å². The second-order valence-corrected chi connectivity index (χ2v) is 2.89. The molecule has 0 bridgehead atoms. The number of hydrazine groups is 1. The summed E-state index contributed by atoms with van der Waals surface area (Å²) >= 11 is 0. The first-order valence-corrected chi connectivity index (χ1v) is 4.10. The van der Waals surface area contributed by atoms with Gasteiger partial charge in [-0.1, -0.05) is 6.08 Å². The summed E-state index contributed by atoms with van der Waals surface area (Å²) in [6.45, 7) is 6.17. The van der Waals surface area contributed by atoms with E-state index >= 15 is 0 Å². The van der Waals surface area contributed by atoms with Crippen LogP contribution in [0, 0.1) is 0 Å². The van der Waals surface area contributed by atoms with Crippen molar-refractivity contribution in [3.8, 4) is 0 Å². The number of β-amino-alcohol motifs (C(OH)–C–C–N with tert-alkyl or cyclic N) is 1. The van der Waals surface area contributed by atoms with Crippen molar-refractivity contribution in [3.63, 3.8) is 0 Å². The van der Waals surface area contributed by atoms with Gasteiger partial charge in [0.25, 0.3) is 0 Å². The highest BCUT2D eigenvalue weighted by molar-refractivity contribution is 4.73. The second-order valence-electron chi connectivity index (χ2n) is 2.89. The molecule has 11 heavy (non-hydrogen) atoms.